The fraction of sp³-hybridized carbons (Fsp3) is 0.450. The van der Waals surface area contributed by atoms with E-state index in [0.717, 1.165) is 23.1 Å². The monoisotopic (exact) mass is 725 g/mol. The molecular formula is C40H51N7O4S. The highest BCUT2D eigenvalue weighted by atomic mass is 32.2. The second-order valence-electron chi connectivity index (χ2n) is 15.0. The van der Waals surface area contributed by atoms with Gasteiger partial charge in [0.1, 0.15) is 11.7 Å². The van der Waals surface area contributed by atoms with Gasteiger partial charge in [-0.05, 0) is 76.6 Å². The average Bonchev–Trinajstić information content (AvgIpc) is 3.10. The summed E-state index contributed by atoms with van der Waals surface area (Å²) in [4.78, 5) is 56.6. The lowest BCUT2D eigenvalue weighted by molar-refractivity contribution is -0.130. The van der Waals surface area contributed by atoms with Crippen molar-refractivity contribution in [1.82, 2.24) is 35.8 Å². The summed E-state index contributed by atoms with van der Waals surface area (Å²) in [7, 11) is 0. The first-order valence-electron chi connectivity index (χ1n) is 18.0. The topological polar surface area (TPSA) is 149 Å². The number of nitrogens with one attached hydrogen (secondary N) is 3. The van der Waals surface area contributed by atoms with Crippen LogP contribution in [0.1, 0.15) is 69.2 Å². The van der Waals surface area contributed by atoms with E-state index in [1.165, 1.54) is 0 Å². The molecular weight excluding hydrogens is 675 g/mol. The lowest BCUT2D eigenvalue weighted by Crippen LogP contribution is -2.60. The first kappa shape index (κ1) is 38.8. The standard InChI is InChI=1S/C40H51N7O4S/c1-25(2)35(45-36(49)31-17-16-28-14-10-11-15-30(28)43-31)38(51)44-32(22-27-12-8-7-9-13-27)34(48)24-47-21-19-29(52-39-41-20-18-26(3)42-39)23-33(47)37(50)46-40(4,5)6/h7-18,20,25,29,32-35,48H,19,21-24H2,1-6H3,(H,44,51)(H,45,49)(H,46,50)/t29?,32?,33?,34?,35-/m0/s1. The maximum absolute atomic E-state index is 14.0. The minimum Gasteiger partial charge on any atom is -0.390 e. The number of hydrogen-bond acceptors (Lipinski definition) is 9. The van der Waals surface area contributed by atoms with E-state index in [-0.39, 0.29) is 29.3 Å². The lowest BCUT2D eigenvalue weighted by atomic mass is 9.95. The number of nitrogens with zero attached hydrogens (tertiary/aromatic N) is 4. The van der Waals surface area contributed by atoms with E-state index in [2.05, 4.69) is 30.9 Å². The number of hydrogen-bond donors (Lipinski definition) is 4. The molecule has 4 unspecified atom stereocenters. The number of β-amino-alcohol motifs (C(OH)–C–C–N with tert-alkyl or cyclic N) is 1. The Kier molecular flexibility index (Phi) is 13.0. The van der Waals surface area contributed by atoms with Crippen LogP contribution < -0.4 is 16.0 Å². The first-order chi connectivity index (χ1) is 24.8. The summed E-state index contributed by atoms with van der Waals surface area (Å²) < 4.78 is 0. The number of aromatic nitrogens is 3. The Morgan fingerprint density at radius 2 is 1.69 bits per heavy atom. The van der Waals surface area contributed by atoms with E-state index in [9.17, 15) is 19.5 Å². The summed E-state index contributed by atoms with van der Waals surface area (Å²) in [6.07, 6.45) is 2.40. The SMILES string of the molecule is Cc1ccnc(SC2CCN(CC(O)C(Cc3ccccc3)NC(=O)[C@@H](NC(=O)c3ccc4ccccc4n3)C(C)C)C(C(=O)NC(C)(C)C)C2)n1. The largest absolute Gasteiger partial charge is 0.390 e. The molecule has 1 saturated heterocycles. The molecule has 0 radical (unpaired) electrons. The molecule has 5 atom stereocenters. The number of aryl methyl sites for hydroxylation is 1. The number of para-hydroxylation sites is 1. The van der Waals surface area contributed by atoms with Gasteiger partial charge in [-0.1, -0.05) is 80.2 Å². The zero-order valence-corrected chi connectivity index (χ0v) is 31.7. The predicted molar refractivity (Wildman–Crippen MR) is 205 cm³/mol. The van der Waals surface area contributed by atoms with Gasteiger partial charge in [0.2, 0.25) is 11.8 Å². The van der Waals surface area contributed by atoms with Crippen molar-refractivity contribution in [2.24, 2.45) is 5.92 Å². The van der Waals surface area contributed by atoms with Crippen LogP contribution in [0.3, 0.4) is 0 Å². The first-order valence-corrected chi connectivity index (χ1v) is 18.8. The number of fused-ring (bicyclic) bond motifs is 1. The van der Waals surface area contributed by atoms with Gasteiger partial charge in [0.25, 0.3) is 5.91 Å². The molecule has 276 valence electrons. The van der Waals surface area contributed by atoms with Gasteiger partial charge in [-0.25, -0.2) is 15.0 Å². The third-order valence-corrected chi connectivity index (χ3v) is 10.3. The summed E-state index contributed by atoms with van der Waals surface area (Å²) in [6.45, 7) is 12.2. The van der Waals surface area contributed by atoms with Crippen molar-refractivity contribution >= 4 is 40.4 Å². The van der Waals surface area contributed by atoms with Crippen LogP contribution in [0, 0.1) is 12.8 Å². The molecule has 0 spiro atoms. The van der Waals surface area contributed by atoms with Crippen molar-refractivity contribution in [1.29, 1.82) is 0 Å². The molecule has 4 N–H and O–H groups in total. The van der Waals surface area contributed by atoms with Crippen LogP contribution >= 0.6 is 11.8 Å². The molecule has 3 amide bonds. The molecule has 2 aromatic carbocycles. The number of carbonyl (C=O) groups is 3. The van der Waals surface area contributed by atoms with E-state index in [0.29, 0.717) is 30.1 Å². The fourth-order valence-electron chi connectivity index (χ4n) is 6.40. The van der Waals surface area contributed by atoms with Crippen molar-refractivity contribution < 1.29 is 19.5 Å². The van der Waals surface area contributed by atoms with Gasteiger partial charge in [0.15, 0.2) is 5.16 Å². The number of thioether (sulfide) groups is 1. The number of benzene rings is 2. The van der Waals surface area contributed by atoms with Crippen LogP contribution in [-0.2, 0) is 16.0 Å². The van der Waals surface area contributed by atoms with Crippen LogP contribution in [0.15, 0.2) is 84.1 Å². The van der Waals surface area contributed by atoms with E-state index in [1.807, 2.05) is 113 Å². The molecule has 4 aromatic rings. The Hall–Kier alpha value is -4.39. The Labute approximate surface area is 310 Å². The van der Waals surface area contributed by atoms with Crippen molar-refractivity contribution in [2.75, 3.05) is 13.1 Å². The molecule has 3 heterocycles. The molecule has 5 rings (SSSR count). The Morgan fingerprint density at radius 1 is 0.962 bits per heavy atom. The molecule has 52 heavy (non-hydrogen) atoms. The van der Waals surface area contributed by atoms with E-state index in [4.69, 9.17) is 0 Å². The van der Waals surface area contributed by atoms with Gasteiger partial charge in [-0.3, -0.25) is 19.3 Å². The van der Waals surface area contributed by atoms with Crippen LogP contribution in [0.4, 0.5) is 0 Å². The number of piperidine rings is 1. The summed E-state index contributed by atoms with van der Waals surface area (Å²) in [6, 6.07) is 20.4. The van der Waals surface area contributed by atoms with E-state index < -0.39 is 41.6 Å². The lowest BCUT2D eigenvalue weighted by Gasteiger charge is -2.41. The van der Waals surface area contributed by atoms with Crippen LogP contribution in [0.2, 0.25) is 0 Å². The number of pyridine rings is 1. The van der Waals surface area contributed by atoms with Crippen LogP contribution in [0.25, 0.3) is 10.9 Å². The van der Waals surface area contributed by atoms with Crippen LogP contribution in [-0.4, -0.2) is 90.8 Å². The van der Waals surface area contributed by atoms with E-state index in [1.54, 1.807) is 24.0 Å². The molecule has 11 nitrogen and oxygen atoms in total. The maximum atomic E-state index is 14.0. The quantitative estimate of drug-likeness (QED) is 0.144. The number of likely N-dealkylation sites (tertiary alicyclic amines) is 1. The highest BCUT2D eigenvalue weighted by Crippen LogP contribution is 2.32. The second kappa shape index (κ2) is 17.4. The van der Waals surface area contributed by atoms with Gasteiger partial charge < -0.3 is 21.1 Å². The van der Waals surface area contributed by atoms with Crippen LogP contribution in [0.5, 0.6) is 0 Å². The molecule has 2 aromatic heterocycles. The summed E-state index contributed by atoms with van der Waals surface area (Å²) in [5.41, 5.74) is 2.29. The van der Waals surface area contributed by atoms with E-state index >= 15 is 0 Å². The predicted octanol–water partition coefficient (Wildman–Crippen LogP) is 4.72. The Balaban J connectivity index is 1.33. The van der Waals surface area contributed by atoms with Gasteiger partial charge in [-0.15, -0.1) is 0 Å². The number of carbonyl (C=O) groups excluding carboxylic acids is 3. The van der Waals surface area contributed by atoms with Crippen molar-refractivity contribution in [3.8, 4) is 0 Å². The molecule has 1 aliphatic heterocycles. The fourth-order valence-corrected chi connectivity index (χ4v) is 7.52. The van der Waals surface area contributed by atoms with Crippen molar-refractivity contribution in [2.45, 2.75) is 101 Å². The zero-order chi connectivity index (χ0) is 37.4. The zero-order valence-electron chi connectivity index (χ0n) is 30.9. The Bertz CT molecular complexity index is 1830. The third kappa shape index (κ3) is 10.8. The smallest absolute Gasteiger partial charge is 0.270 e. The molecule has 0 saturated carbocycles. The number of amides is 3. The molecule has 1 fully saturated rings. The number of aliphatic hydroxyl groups is 1. The maximum Gasteiger partial charge on any atom is 0.270 e. The molecule has 0 bridgehead atoms. The highest BCUT2D eigenvalue weighted by Gasteiger charge is 2.38. The normalized spacial score (nSPS) is 18.4. The summed E-state index contributed by atoms with van der Waals surface area (Å²) >= 11 is 1.58. The number of rotatable bonds is 13. The van der Waals surface area contributed by atoms with Crippen molar-refractivity contribution in [3.05, 3.63) is 95.9 Å². The van der Waals surface area contributed by atoms with Gasteiger partial charge in [-0.2, -0.15) is 0 Å². The Morgan fingerprint density at radius 3 is 2.40 bits per heavy atom. The molecule has 1 aliphatic rings. The number of aliphatic hydroxyl groups excluding tert-OH is 1. The van der Waals surface area contributed by atoms with Gasteiger partial charge in [0, 0.05) is 41.2 Å². The summed E-state index contributed by atoms with van der Waals surface area (Å²) in [5.74, 6) is -1.22. The summed E-state index contributed by atoms with van der Waals surface area (Å²) in [5, 5.41) is 22.7. The van der Waals surface area contributed by atoms with Gasteiger partial charge in [0.05, 0.1) is 23.7 Å². The van der Waals surface area contributed by atoms with Gasteiger partial charge >= 0.3 is 0 Å². The third-order valence-electron chi connectivity index (χ3n) is 9.09. The average molecular weight is 726 g/mol. The highest BCUT2D eigenvalue weighted by molar-refractivity contribution is 7.99. The molecule has 12 heteroatoms. The second-order valence-corrected chi connectivity index (χ2v) is 16.2. The van der Waals surface area contributed by atoms with Crippen molar-refractivity contribution in [3.63, 3.8) is 0 Å². The minimum absolute atomic E-state index is 0.108. The minimum atomic E-state index is -1.02. The molecule has 0 aliphatic carbocycles.